The molecule has 0 bridgehead atoms. The lowest BCUT2D eigenvalue weighted by Crippen LogP contribution is -2.54. The number of benzene rings is 2. The van der Waals surface area contributed by atoms with E-state index in [0.29, 0.717) is 29.7 Å². The lowest BCUT2D eigenvalue weighted by Gasteiger charge is -2.38. The molecule has 0 spiro atoms. The summed E-state index contributed by atoms with van der Waals surface area (Å²) in [5, 5.41) is 0.965. The molecule has 1 saturated heterocycles. The van der Waals surface area contributed by atoms with Crippen LogP contribution < -0.4 is 5.73 Å². The molecule has 1 aliphatic rings. The van der Waals surface area contributed by atoms with Crippen LogP contribution in [-0.4, -0.2) is 30.5 Å². The van der Waals surface area contributed by atoms with E-state index in [-0.39, 0.29) is 24.4 Å². The fraction of sp³-hybridized carbons (Fsp3) is 0.316. The van der Waals surface area contributed by atoms with E-state index >= 15 is 0 Å². The van der Waals surface area contributed by atoms with Crippen molar-refractivity contribution in [3.8, 4) is 0 Å². The Morgan fingerprint density at radius 2 is 1.88 bits per heavy atom. The van der Waals surface area contributed by atoms with Crippen LogP contribution in [0.25, 0.3) is 0 Å². The smallest absolute Gasteiger partial charge is 0.247 e. The molecule has 26 heavy (non-hydrogen) atoms. The van der Waals surface area contributed by atoms with Crippen molar-refractivity contribution < 1.29 is 9.53 Å². The first-order chi connectivity index (χ1) is 11.9. The fourth-order valence-electron chi connectivity index (χ4n) is 2.98. The first kappa shape index (κ1) is 21.0. The van der Waals surface area contributed by atoms with E-state index in [2.05, 4.69) is 0 Å². The lowest BCUT2D eigenvalue weighted by molar-refractivity contribution is -0.144. The van der Waals surface area contributed by atoms with Crippen molar-refractivity contribution >= 4 is 41.5 Å². The van der Waals surface area contributed by atoms with Gasteiger partial charge in [-0.3, -0.25) is 4.79 Å². The molecule has 3 rings (SSSR count). The van der Waals surface area contributed by atoms with Crippen LogP contribution >= 0.6 is 35.6 Å². The minimum absolute atomic E-state index is 0. The van der Waals surface area contributed by atoms with Crippen molar-refractivity contribution in [2.45, 2.75) is 18.6 Å². The first-order valence-electron chi connectivity index (χ1n) is 8.10. The van der Waals surface area contributed by atoms with Crippen LogP contribution in [0.5, 0.6) is 0 Å². The van der Waals surface area contributed by atoms with Gasteiger partial charge in [-0.1, -0.05) is 59.6 Å². The van der Waals surface area contributed by atoms with Gasteiger partial charge in [-0.2, -0.15) is 0 Å². The van der Waals surface area contributed by atoms with Crippen molar-refractivity contribution in [2.75, 3.05) is 19.7 Å². The molecular weight excluding hydrogens is 395 g/mol. The number of morpholine rings is 1. The Bertz CT molecular complexity index is 769. The van der Waals surface area contributed by atoms with Crippen LogP contribution in [0.1, 0.15) is 24.2 Å². The molecule has 2 unspecified atom stereocenters. The zero-order valence-electron chi connectivity index (χ0n) is 14.3. The van der Waals surface area contributed by atoms with Crippen molar-refractivity contribution in [2.24, 2.45) is 5.73 Å². The third kappa shape index (κ3) is 4.33. The summed E-state index contributed by atoms with van der Waals surface area (Å²) in [5.41, 5.74) is 6.97. The van der Waals surface area contributed by atoms with Gasteiger partial charge in [0.2, 0.25) is 5.91 Å². The summed E-state index contributed by atoms with van der Waals surface area (Å²) in [5.74, 6) is -0.118. The van der Waals surface area contributed by atoms with Crippen molar-refractivity contribution in [3.05, 3.63) is 69.7 Å². The minimum atomic E-state index is -1.08. The van der Waals surface area contributed by atoms with Crippen LogP contribution in [0.3, 0.4) is 0 Å². The molecule has 2 aromatic carbocycles. The average molecular weight is 416 g/mol. The van der Waals surface area contributed by atoms with Gasteiger partial charge in [0.1, 0.15) is 11.6 Å². The summed E-state index contributed by atoms with van der Waals surface area (Å²) in [6.07, 6.45) is -0.251. The van der Waals surface area contributed by atoms with Crippen molar-refractivity contribution in [1.82, 2.24) is 4.90 Å². The monoisotopic (exact) mass is 414 g/mol. The molecular formula is C19H21Cl3N2O2. The van der Waals surface area contributed by atoms with Gasteiger partial charge in [0.05, 0.1) is 23.2 Å². The third-order valence-electron chi connectivity index (χ3n) is 4.49. The predicted molar refractivity (Wildman–Crippen MR) is 107 cm³/mol. The van der Waals surface area contributed by atoms with Gasteiger partial charge in [-0.05, 0) is 30.2 Å². The normalized spacial score (nSPS) is 19.4. The SMILES string of the molecule is CC(N)(C(=O)N1CCOC(c2ccc(Cl)c(Cl)c2)C1)c1ccccc1.Cl. The number of carbonyl (C=O) groups is 1. The number of nitrogens with zero attached hydrogens (tertiary/aromatic N) is 1. The van der Waals surface area contributed by atoms with E-state index < -0.39 is 5.54 Å². The molecule has 140 valence electrons. The summed E-state index contributed by atoms with van der Waals surface area (Å²) >= 11 is 12.1. The molecule has 1 amide bonds. The molecule has 1 aliphatic heterocycles. The molecule has 4 nitrogen and oxygen atoms in total. The quantitative estimate of drug-likeness (QED) is 0.818. The van der Waals surface area contributed by atoms with E-state index in [1.807, 2.05) is 36.4 Å². The molecule has 1 heterocycles. The molecule has 0 radical (unpaired) electrons. The third-order valence-corrected chi connectivity index (χ3v) is 5.23. The van der Waals surface area contributed by atoms with Crippen LogP contribution in [0.4, 0.5) is 0 Å². The Morgan fingerprint density at radius 1 is 1.19 bits per heavy atom. The van der Waals surface area contributed by atoms with Gasteiger partial charge in [-0.15, -0.1) is 12.4 Å². The summed E-state index contributed by atoms with van der Waals surface area (Å²) in [6, 6.07) is 14.8. The maximum atomic E-state index is 13.0. The summed E-state index contributed by atoms with van der Waals surface area (Å²) in [7, 11) is 0. The lowest BCUT2D eigenvalue weighted by atomic mass is 9.91. The largest absolute Gasteiger partial charge is 0.370 e. The topological polar surface area (TPSA) is 55.6 Å². The Labute approximate surface area is 169 Å². The second-order valence-electron chi connectivity index (χ2n) is 6.35. The molecule has 7 heteroatoms. The Kier molecular flexibility index (Phi) is 6.94. The van der Waals surface area contributed by atoms with Gasteiger partial charge in [0, 0.05) is 6.54 Å². The zero-order chi connectivity index (χ0) is 18.0. The van der Waals surface area contributed by atoms with Gasteiger partial charge in [-0.25, -0.2) is 0 Å². The number of nitrogens with two attached hydrogens (primary N) is 1. The van der Waals surface area contributed by atoms with Crippen LogP contribution in [0.2, 0.25) is 10.0 Å². The Balaban J connectivity index is 0.00000243. The first-order valence-corrected chi connectivity index (χ1v) is 8.85. The van der Waals surface area contributed by atoms with Gasteiger partial charge in [0.15, 0.2) is 0 Å². The molecule has 0 saturated carbocycles. The number of hydrogen-bond acceptors (Lipinski definition) is 3. The van der Waals surface area contributed by atoms with Crippen LogP contribution in [0.15, 0.2) is 48.5 Å². The van der Waals surface area contributed by atoms with Crippen molar-refractivity contribution in [1.29, 1.82) is 0 Å². The maximum Gasteiger partial charge on any atom is 0.247 e. The molecule has 2 atom stereocenters. The van der Waals surface area contributed by atoms with E-state index in [0.717, 1.165) is 11.1 Å². The van der Waals surface area contributed by atoms with E-state index in [9.17, 15) is 4.79 Å². The summed E-state index contributed by atoms with van der Waals surface area (Å²) < 4.78 is 5.82. The highest BCUT2D eigenvalue weighted by molar-refractivity contribution is 6.42. The molecule has 2 N–H and O–H groups in total. The highest BCUT2D eigenvalue weighted by Crippen LogP contribution is 2.30. The number of halogens is 3. The number of hydrogen-bond donors (Lipinski definition) is 1. The van der Waals surface area contributed by atoms with Gasteiger partial charge >= 0.3 is 0 Å². The molecule has 0 aromatic heterocycles. The number of ether oxygens (including phenoxy) is 1. The van der Waals surface area contributed by atoms with Crippen LogP contribution in [-0.2, 0) is 15.1 Å². The summed E-state index contributed by atoms with van der Waals surface area (Å²) in [4.78, 5) is 14.8. The van der Waals surface area contributed by atoms with Gasteiger partial charge in [0.25, 0.3) is 0 Å². The molecule has 0 aliphatic carbocycles. The standard InChI is InChI=1S/C19H20Cl2N2O2.ClH/c1-19(22,14-5-3-2-4-6-14)18(24)23-9-10-25-17(12-23)13-7-8-15(20)16(21)11-13;/h2-8,11,17H,9-10,12,22H2,1H3;1H. The van der Waals surface area contributed by atoms with Crippen molar-refractivity contribution in [3.63, 3.8) is 0 Å². The fourth-order valence-corrected chi connectivity index (χ4v) is 3.29. The second kappa shape index (κ2) is 8.59. The Morgan fingerprint density at radius 3 is 2.54 bits per heavy atom. The highest BCUT2D eigenvalue weighted by atomic mass is 35.5. The minimum Gasteiger partial charge on any atom is -0.370 e. The summed E-state index contributed by atoms with van der Waals surface area (Å²) in [6.45, 7) is 3.13. The highest BCUT2D eigenvalue weighted by Gasteiger charge is 2.37. The van der Waals surface area contributed by atoms with Gasteiger partial charge < -0.3 is 15.4 Å². The number of amides is 1. The molecule has 2 aromatic rings. The van der Waals surface area contributed by atoms with E-state index in [4.69, 9.17) is 33.7 Å². The second-order valence-corrected chi connectivity index (χ2v) is 7.17. The number of carbonyl (C=O) groups excluding carboxylic acids is 1. The van der Waals surface area contributed by atoms with E-state index in [1.165, 1.54) is 0 Å². The van der Waals surface area contributed by atoms with E-state index in [1.54, 1.807) is 24.0 Å². The zero-order valence-corrected chi connectivity index (χ0v) is 16.7. The molecule has 1 fully saturated rings. The maximum absolute atomic E-state index is 13.0. The predicted octanol–water partition coefficient (Wildman–Crippen LogP) is 4.19. The number of rotatable bonds is 3. The average Bonchev–Trinajstić information content (AvgIpc) is 2.64. The van der Waals surface area contributed by atoms with Crippen LogP contribution in [0, 0.1) is 0 Å². The Hall–Kier alpha value is -1.30.